The second-order valence-corrected chi connectivity index (χ2v) is 7.23. The molecule has 90 valence electrons. The summed E-state index contributed by atoms with van der Waals surface area (Å²) in [5, 5.41) is 9.58. The molecule has 0 radical (unpaired) electrons. The van der Waals surface area contributed by atoms with Crippen molar-refractivity contribution >= 4 is 15.6 Å². The van der Waals surface area contributed by atoms with E-state index in [1.54, 1.807) is 20.8 Å². The maximum atomic E-state index is 11.4. The van der Waals surface area contributed by atoms with E-state index >= 15 is 0 Å². The molecule has 0 fully saturated rings. The van der Waals surface area contributed by atoms with E-state index in [1.807, 2.05) is 0 Å². The molecule has 1 unspecified atom stereocenters. The van der Waals surface area contributed by atoms with Gasteiger partial charge in [0, 0.05) is 12.7 Å². The van der Waals surface area contributed by atoms with E-state index in [2.05, 4.69) is 0 Å². The van der Waals surface area contributed by atoms with Crippen LogP contribution in [0.3, 0.4) is 0 Å². The first kappa shape index (κ1) is 14.6. The number of hydrogen-bond donors (Lipinski definition) is 1. The van der Waals surface area contributed by atoms with Crippen LogP contribution in [0.1, 0.15) is 33.6 Å². The quantitative estimate of drug-likeness (QED) is 0.766. The maximum absolute atomic E-state index is 11.4. The standard InChI is InChI=1S/C10H20O4S/c1-10(2,3)9(12)8(11)6-5-7-15(4,13)14/h9,12H,5-7H2,1-4H3. The lowest BCUT2D eigenvalue weighted by molar-refractivity contribution is -0.132. The Kier molecular flexibility index (Phi) is 4.93. The molecule has 0 saturated carbocycles. The van der Waals surface area contributed by atoms with Crippen molar-refractivity contribution in [1.82, 2.24) is 0 Å². The molecule has 0 spiro atoms. The lowest BCUT2D eigenvalue weighted by Gasteiger charge is -2.24. The number of aliphatic hydroxyl groups excluding tert-OH is 1. The van der Waals surface area contributed by atoms with E-state index in [0.717, 1.165) is 6.26 Å². The van der Waals surface area contributed by atoms with Crippen molar-refractivity contribution in [2.24, 2.45) is 5.41 Å². The molecule has 1 N–H and O–H groups in total. The van der Waals surface area contributed by atoms with Gasteiger partial charge in [-0.25, -0.2) is 8.42 Å². The van der Waals surface area contributed by atoms with Crippen molar-refractivity contribution < 1.29 is 18.3 Å². The average Bonchev–Trinajstić information content (AvgIpc) is 1.98. The van der Waals surface area contributed by atoms with Gasteiger partial charge >= 0.3 is 0 Å². The van der Waals surface area contributed by atoms with Crippen molar-refractivity contribution in [2.45, 2.75) is 39.7 Å². The summed E-state index contributed by atoms with van der Waals surface area (Å²) < 4.78 is 21.6. The molecule has 0 amide bonds. The third-order valence-electron chi connectivity index (χ3n) is 2.06. The smallest absolute Gasteiger partial charge is 0.161 e. The third kappa shape index (κ3) is 6.62. The number of aliphatic hydroxyl groups is 1. The molecule has 5 heteroatoms. The maximum Gasteiger partial charge on any atom is 0.161 e. The van der Waals surface area contributed by atoms with E-state index in [9.17, 15) is 18.3 Å². The summed E-state index contributed by atoms with van der Waals surface area (Å²) in [7, 11) is -3.01. The lowest BCUT2D eigenvalue weighted by atomic mass is 9.85. The summed E-state index contributed by atoms with van der Waals surface area (Å²) in [5.74, 6) is -0.290. The zero-order chi connectivity index (χ0) is 12.3. The molecule has 15 heavy (non-hydrogen) atoms. The van der Waals surface area contributed by atoms with Crippen LogP contribution < -0.4 is 0 Å². The van der Waals surface area contributed by atoms with Gasteiger partial charge < -0.3 is 5.11 Å². The first-order chi connectivity index (χ1) is 6.54. The molecule has 0 aromatic carbocycles. The van der Waals surface area contributed by atoms with Crippen molar-refractivity contribution in [3.8, 4) is 0 Å². The van der Waals surface area contributed by atoms with Crippen molar-refractivity contribution in [3.05, 3.63) is 0 Å². The molecule has 0 saturated heterocycles. The zero-order valence-corrected chi connectivity index (χ0v) is 10.6. The van der Waals surface area contributed by atoms with Gasteiger partial charge in [0.05, 0.1) is 5.75 Å². The van der Waals surface area contributed by atoms with Gasteiger partial charge in [0.25, 0.3) is 0 Å². The number of sulfone groups is 1. The van der Waals surface area contributed by atoms with Gasteiger partial charge in [-0.05, 0) is 11.8 Å². The highest BCUT2D eigenvalue weighted by Gasteiger charge is 2.28. The van der Waals surface area contributed by atoms with E-state index in [-0.39, 0.29) is 24.4 Å². The largest absolute Gasteiger partial charge is 0.385 e. The second kappa shape index (κ2) is 5.07. The van der Waals surface area contributed by atoms with Crippen LogP contribution in [0.5, 0.6) is 0 Å². The average molecular weight is 236 g/mol. The monoisotopic (exact) mass is 236 g/mol. The van der Waals surface area contributed by atoms with Gasteiger partial charge in [0.15, 0.2) is 5.78 Å². The summed E-state index contributed by atoms with van der Waals surface area (Å²) in [5.41, 5.74) is -0.484. The molecule has 0 bridgehead atoms. The molecule has 4 nitrogen and oxygen atoms in total. The number of hydrogen-bond acceptors (Lipinski definition) is 4. The third-order valence-corrected chi connectivity index (χ3v) is 3.09. The summed E-state index contributed by atoms with van der Waals surface area (Å²) in [6.07, 6.45) is 0.519. The van der Waals surface area contributed by atoms with Gasteiger partial charge in [-0.1, -0.05) is 20.8 Å². The number of carbonyl (C=O) groups excluding carboxylic acids is 1. The zero-order valence-electron chi connectivity index (χ0n) is 9.78. The van der Waals surface area contributed by atoms with E-state index in [0.29, 0.717) is 0 Å². The van der Waals surface area contributed by atoms with Crippen molar-refractivity contribution in [1.29, 1.82) is 0 Å². The molecule has 0 aromatic heterocycles. The highest BCUT2D eigenvalue weighted by Crippen LogP contribution is 2.21. The van der Waals surface area contributed by atoms with Gasteiger partial charge in [-0.3, -0.25) is 4.79 Å². The van der Waals surface area contributed by atoms with Gasteiger partial charge in [0.1, 0.15) is 15.9 Å². The summed E-state index contributed by atoms with van der Waals surface area (Å²) in [4.78, 5) is 11.4. The van der Waals surface area contributed by atoms with Crippen molar-refractivity contribution in [2.75, 3.05) is 12.0 Å². The second-order valence-electron chi connectivity index (χ2n) is 4.97. The Morgan fingerprint density at radius 1 is 1.33 bits per heavy atom. The van der Waals surface area contributed by atoms with Crippen LogP contribution in [-0.2, 0) is 14.6 Å². The van der Waals surface area contributed by atoms with Crippen LogP contribution in [-0.4, -0.2) is 37.4 Å². The Morgan fingerprint density at radius 3 is 2.13 bits per heavy atom. The van der Waals surface area contributed by atoms with Gasteiger partial charge in [-0.15, -0.1) is 0 Å². The molecule has 0 aliphatic carbocycles. The summed E-state index contributed by atoms with van der Waals surface area (Å²) in [6, 6.07) is 0. The highest BCUT2D eigenvalue weighted by atomic mass is 32.2. The molecule has 0 aliphatic heterocycles. The van der Waals surface area contributed by atoms with Crippen LogP contribution in [0.15, 0.2) is 0 Å². The lowest BCUT2D eigenvalue weighted by Crippen LogP contribution is -2.34. The highest BCUT2D eigenvalue weighted by molar-refractivity contribution is 7.90. The fraction of sp³-hybridized carbons (Fsp3) is 0.900. The molecule has 0 heterocycles. The molecular weight excluding hydrogens is 216 g/mol. The van der Waals surface area contributed by atoms with Gasteiger partial charge in [0.2, 0.25) is 0 Å². The van der Waals surface area contributed by atoms with Crippen LogP contribution in [0.25, 0.3) is 0 Å². The van der Waals surface area contributed by atoms with Gasteiger partial charge in [-0.2, -0.15) is 0 Å². The number of rotatable bonds is 5. The first-order valence-electron chi connectivity index (χ1n) is 4.92. The Labute approximate surface area is 91.6 Å². The Balaban J connectivity index is 4.07. The number of Topliss-reactive ketones (excluding diaryl/α,β-unsaturated/α-hetero) is 1. The molecule has 1 atom stereocenters. The van der Waals surface area contributed by atoms with E-state index in [1.165, 1.54) is 0 Å². The number of carbonyl (C=O) groups is 1. The minimum atomic E-state index is -3.01. The summed E-state index contributed by atoms with van der Waals surface area (Å²) >= 11 is 0. The Bertz CT molecular complexity index is 311. The molecule has 0 rings (SSSR count). The fourth-order valence-corrected chi connectivity index (χ4v) is 1.80. The SMILES string of the molecule is CC(C)(C)C(O)C(=O)CCCS(C)(=O)=O. The molecular formula is C10H20O4S. The van der Waals surface area contributed by atoms with E-state index < -0.39 is 21.4 Å². The Hall–Kier alpha value is -0.420. The minimum absolute atomic E-state index is 0.00436. The van der Waals surface area contributed by atoms with Crippen LogP contribution in [0, 0.1) is 5.41 Å². The molecule has 0 aromatic rings. The fourth-order valence-electron chi connectivity index (χ4n) is 1.13. The number of ketones is 1. The van der Waals surface area contributed by atoms with Crippen molar-refractivity contribution in [3.63, 3.8) is 0 Å². The predicted molar refractivity (Wildman–Crippen MR) is 59.4 cm³/mol. The van der Waals surface area contributed by atoms with Crippen LogP contribution in [0.2, 0.25) is 0 Å². The predicted octanol–water partition coefficient (Wildman–Crippen LogP) is 0.787. The first-order valence-corrected chi connectivity index (χ1v) is 6.98. The van der Waals surface area contributed by atoms with Crippen LogP contribution >= 0.6 is 0 Å². The van der Waals surface area contributed by atoms with E-state index in [4.69, 9.17) is 0 Å². The topological polar surface area (TPSA) is 71.4 Å². The summed E-state index contributed by atoms with van der Waals surface area (Å²) in [6.45, 7) is 5.31. The van der Waals surface area contributed by atoms with Crippen LogP contribution in [0.4, 0.5) is 0 Å². The molecule has 0 aliphatic rings. The Morgan fingerprint density at radius 2 is 1.80 bits per heavy atom. The normalized spacial score (nSPS) is 15.0. The minimum Gasteiger partial charge on any atom is -0.385 e.